The van der Waals surface area contributed by atoms with Crippen LogP contribution >= 0.6 is 22.9 Å². The average Bonchev–Trinajstić information content (AvgIpc) is 2.81. The van der Waals surface area contributed by atoms with E-state index in [0.717, 1.165) is 10.6 Å². The van der Waals surface area contributed by atoms with Gasteiger partial charge in [0.2, 0.25) is 0 Å². The van der Waals surface area contributed by atoms with Crippen molar-refractivity contribution < 1.29 is 4.39 Å². The Balaban J connectivity index is 2.23. The summed E-state index contributed by atoms with van der Waals surface area (Å²) < 4.78 is 14.1. The lowest BCUT2D eigenvalue weighted by Crippen LogP contribution is -2.30. The van der Waals surface area contributed by atoms with E-state index >= 15 is 0 Å². The monoisotopic (exact) mass is 313 g/mol. The van der Waals surface area contributed by atoms with Crippen LogP contribution in [0.1, 0.15) is 22.2 Å². The van der Waals surface area contributed by atoms with Gasteiger partial charge in [-0.2, -0.15) is 0 Å². The fraction of sp³-hybridized carbons (Fsp3) is 0.357. The van der Waals surface area contributed by atoms with Gasteiger partial charge < -0.3 is 5.73 Å². The van der Waals surface area contributed by atoms with Gasteiger partial charge in [-0.15, -0.1) is 11.3 Å². The van der Waals surface area contributed by atoms with Crippen molar-refractivity contribution in [2.24, 2.45) is 5.73 Å². The van der Waals surface area contributed by atoms with Crippen LogP contribution in [0.15, 0.2) is 23.7 Å². The van der Waals surface area contributed by atoms with Gasteiger partial charge in [0.05, 0.1) is 22.3 Å². The zero-order valence-electron chi connectivity index (χ0n) is 11.4. The summed E-state index contributed by atoms with van der Waals surface area (Å²) in [7, 11) is 1.93. The Bertz CT molecular complexity index is 588. The quantitative estimate of drug-likeness (QED) is 0.920. The maximum Gasteiger partial charge on any atom is 0.146 e. The fourth-order valence-corrected chi connectivity index (χ4v) is 3.16. The zero-order chi connectivity index (χ0) is 14.7. The van der Waals surface area contributed by atoms with Crippen molar-refractivity contribution in [1.82, 2.24) is 9.88 Å². The van der Waals surface area contributed by atoms with Gasteiger partial charge >= 0.3 is 0 Å². The van der Waals surface area contributed by atoms with Gasteiger partial charge in [-0.25, -0.2) is 9.37 Å². The summed E-state index contributed by atoms with van der Waals surface area (Å²) in [4.78, 5) is 7.41. The number of likely N-dealkylation sites (N-methyl/N-ethyl adjacent to an activating group) is 1. The van der Waals surface area contributed by atoms with E-state index in [0.29, 0.717) is 18.7 Å². The third kappa shape index (κ3) is 3.17. The first-order valence-corrected chi connectivity index (χ1v) is 7.53. The van der Waals surface area contributed by atoms with E-state index in [1.807, 2.05) is 24.4 Å². The van der Waals surface area contributed by atoms with Crippen LogP contribution in [-0.2, 0) is 6.54 Å². The minimum Gasteiger partial charge on any atom is -0.329 e. The molecule has 0 aliphatic heterocycles. The van der Waals surface area contributed by atoms with E-state index < -0.39 is 5.82 Å². The molecular weight excluding hydrogens is 297 g/mol. The number of hydrogen-bond donors (Lipinski definition) is 1. The molecule has 0 fully saturated rings. The molecule has 108 valence electrons. The number of aryl methyl sites for hydroxylation is 1. The Morgan fingerprint density at radius 1 is 1.50 bits per heavy atom. The van der Waals surface area contributed by atoms with Crippen molar-refractivity contribution in [2.75, 3.05) is 13.6 Å². The Morgan fingerprint density at radius 2 is 2.25 bits per heavy atom. The van der Waals surface area contributed by atoms with Gasteiger partial charge in [-0.05, 0) is 20.0 Å². The molecule has 3 nitrogen and oxygen atoms in total. The molecule has 1 atom stereocenters. The molecule has 2 N–H and O–H groups in total. The normalized spacial score (nSPS) is 12.9. The summed E-state index contributed by atoms with van der Waals surface area (Å²) in [5.41, 5.74) is 9.18. The maximum absolute atomic E-state index is 14.1. The number of benzene rings is 1. The Kier molecular flexibility index (Phi) is 5.10. The molecule has 1 aromatic heterocycles. The van der Waals surface area contributed by atoms with Gasteiger partial charge in [-0.1, -0.05) is 23.7 Å². The number of halogens is 2. The first-order chi connectivity index (χ1) is 9.54. The minimum atomic E-state index is -0.391. The average molecular weight is 314 g/mol. The highest BCUT2D eigenvalue weighted by Gasteiger charge is 2.21. The summed E-state index contributed by atoms with van der Waals surface area (Å²) >= 11 is 7.44. The van der Waals surface area contributed by atoms with Crippen LogP contribution in [0.5, 0.6) is 0 Å². The molecular formula is C14H17ClFN3S. The van der Waals surface area contributed by atoms with E-state index in [-0.39, 0.29) is 11.1 Å². The lowest BCUT2D eigenvalue weighted by molar-refractivity contribution is 0.238. The van der Waals surface area contributed by atoms with Crippen molar-refractivity contribution in [3.63, 3.8) is 0 Å². The number of nitrogens with zero attached hydrogens (tertiary/aromatic N) is 2. The van der Waals surface area contributed by atoms with E-state index in [9.17, 15) is 4.39 Å². The molecule has 6 heteroatoms. The third-order valence-corrected chi connectivity index (χ3v) is 4.55. The van der Waals surface area contributed by atoms with Crippen LogP contribution in [-0.4, -0.2) is 23.5 Å². The Labute approximate surface area is 127 Å². The SMILES string of the molecule is Cc1ncsc1CN(C)C(CN)c1cccc(Cl)c1F. The van der Waals surface area contributed by atoms with E-state index in [1.165, 1.54) is 0 Å². The zero-order valence-corrected chi connectivity index (χ0v) is 13.0. The summed E-state index contributed by atoms with van der Waals surface area (Å²) in [6.07, 6.45) is 0. The first kappa shape index (κ1) is 15.4. The molecule has 0 bridgehead atoms. The molecule has 2 rings (SSSR count). The molecule has 0 amide bonds. The van der Waals surface area contributed by atoms with Crippen molar-refractivity contribution in [1.29, 1.82) is 0 Å². The molecule has 0 spiro atoms. The van der Waals surface area contributed by atoms with Gasteiger partial charge in [-0.3, -0.25) is 4.90 Å². The Morgan fingerprint density at radius 3 is 2.85 bits per heavy atom. The predicted molar refractivity (Wildman–Crippen MR) is 81.5 cm³/mol. The number of thiazole rings is 1. The van der Waals surface area contributed by atoms with Gasteiger partial charge in [0.25, 0.3) is 0 Å². The number of aromatic nitrogens is 1. The lowest BCUT2D eigenvalue weighted by Gasteiger charge is -2.27. The molecule has 0 aliphatic rings. The second kappa shape index (κ2) is 6.63. The van der Waals surface area contributed by atoms with Crippen LogP contribution in [0, 0.1) is 12.7 Å². The van der Waals surface area contributed by atoms with E-state index in [4.69, 9.17) is 17.3 Å². The molecule has 1 unspecified atom stereocenters. The standard InChI is InChI=1S/C14H17ClFN3S/c1-9-13(20-8-18-9)7-19(2)12(6-17)10-4-3-5-11(15)14(10)16/h3-5,8,12H,6-7,17H2,1-2H3. The maximum atomic E-state index is 14.1. The third-order valence-electron chi connectivity index (χ3n) is 3.33. The molecule has 0 saturated heterocycles. The number of hydrogen-bond acceptors (Lipinski definition) is 4. The van der Waals surface area contributed by atoms with Gasteiger partial charge in [0.1, 0.15) is 5.82 Å². The highest BCUT2D eigenvalue weighted by atomic mass is 35.5. The minimum absolute atomic E-state index is 0.128. The molecule has 1 aromatic carbocycles. The Hall–Kier alpha value is -1.01. The predicted octanol–water partition coefficient (Wildman–Crippen LogP) is 3.38. The molecule has 0 radical (unpaired) electrons. The summed E-state index contributed by atoms with van der Waals surface area (Å²) in [6.45, 7) is 2.98. The van der Waals surface area contributed by atoms with Crippen molar-refractivity contribution in [3.8, 4) is 0 Å². The smallest absolute Gasteiger partial charge is 0.146 e. The summed E-state index contributed by atoms with van der Waals surface area (Å²) in [6, 6.07) is 4.81. The van der Waals surface area contributed by atoms with Crippen molar-refractivity contribution in [2.45, 2.75) is 19.5 Å². The van der Waals surface area contributed by atoms with Gasteiger partial charge in [0.15, 0.2) is 0 Å². The van der Waals surface area contributed by atoms with E-state index in [2.05, 4.69) is 4.98 Å². The summed E-state index contributed by atoms with van der Waals surface area (Å²) in [5.74, 6) is -0.391. The van der Waals surface area contributed by atoms with Gasteiger partial charge in [0, 0.05) is 23.5 Å². The van der Waals surface area contributed by atoms with Crippen LogP contribution in [0.3, 0.4) is 0 Å². The van der Waals surface area contributed by atoms with Crippen molar-refractivity contribution >= 4 is 22.9 Å². The highest BCUT2D eigenvalue weighted by Crippen LogP contribution is 2.28. The second-order valence-electron chi connectivity index (χ2n) is 4.67. The van der Waals surface area contributed by atoms with Crippen LogP contribution in [0.2, 0.25) is 5.02 Å². The second-order valence-corrected chi connectivity index (χ2v) is 6.02. The molecule has 0 aliphatic carbocycles. The topological polar surface area (TPSA) is 42.2 Å². The highest BCUT2D eigenvalue weighted by molar-refractivity contribution is 7.09. The van der Waals surface area contributed by atoms with Crippen LogP contribution < -0.4 is 5.73 Å². The summed E-state index contributed by atoms with van der Waals surface area (Å²) in [5, 5.41) is 0.128. The number of nitrogens with two attached hydrogens (primary N) is 1. The van der Waals surface area contributed by atoms with Crippen molar-refractivity contribution in [3.05, 3.63) is 50.7 Å². The lowest BCUT2D eigenvalue weighted by atomic mass is 10.0. The largest absolute Gasteiger partial charge is 0.329 e. The molecule has 20 heavy (non-hydrogen) atoms. The van der Waals surface area contributed by atoms with Crippen LogP contribution in [0.4, 0.5) is 4.39 Å². The molecule has 1 heterocycles. The number of rotatable bonds is 5. The fourth-order valence-electron chi connectivity index (χ4n) is 2.14. The molecule has 0 saturated carbocycles. The van der Waals surface area contributed by atoms with E-state index in [1.54, 1.807) is 29.5 Å². The first-order valence-electron chi connectivity index (χ1n) is 6.27. The van der Waals surface area contributed by atoms with Crippen LogP contribution in [0.25, 0.3) is 0 Å². The molecule has 2 aromatic rings.